The summed E-state index contributed by atoms with van der Waals surface area (Å²) < 4.78 is 40.3. The van der Waals surface area contributed by atoms with Crippen molar-refractivity contribution in [2.24, 2.45) is 0 Å². The molecular formula is C16H17F3N2. The number of hydrogen-bond donors (Lipinski definition) is 1. The molecular weight excluding hydrogens is 277 g/mol. The lowest BCUT2D eigenvalue weighted by Crippen LogP contribution is -2.31. The lowest BCUT2D eigenvalue weighted by atomic mass is 10.0. The summed E-state index contributed by atoms with van der Waals surface area (Å²) in [5, 5.41) is 3.19. The largest absolute Gasteiger partial charge is 0.307 e. The maximum absolute atomic E-state index is 13.6. The first kappa shape index (κ1) is 15.5. The second-order valence-corrected chi connectivity index (χ2v) is 5.13. The molecule has 2 atom stereocenters. The van der Waals surface area contributed by atoms with Gasteiger partial charge in [-0.05, 0) is 44.0 Å². The number of rotatable bonds is 5. The summed E-state index contributed by atoms with van der Waals surface area (Å²) in [4.78, 5) is 3.79. The van der Waals surface area contributed by atoms with E-state index in [1.54, 1.807) is 6.20 Å². The van der Waals surface area contributed by atoms with Crippen LogP contribution in [0.5, 0.6) is 0 Å². The molecule has 1 heterocycles. The Hall–Kier alpha value is -1.88. The summed E-state index contributed by atoms with van der Waals surface area (Å²) in [7, 11) is 0. The summed E-state index contributed by atoms with van der Waals surface area (Å²) in [6.45, 7) is 3.68. The van der Waals surface area contributed by atoms with Gasteiger partial charge in [0, 0.05) is 23.8 Å². The molecule has 2 rings (SSSR count). The Labute approximate surface area is 122 Å². The fourth-order valence-electron chi connectivity index (χ4n) is 2.28. The highest BCUT2D eigenvalue weighted by molar-refractivity contribution is 5.21. The molecule has 112 valence electrons. The molecule has 0 aliphatic rings. The van der Waals surface area contributed by atoms with Gasteiger partial charge >= 0.3 is 0 Å². The minimum absolute atomic E-state index is 0.0575. The van der Waals surface area contributed by atoms with Crippen LogP contribution in [0, 0.1) is 17.5 Å². The van der Waals surface area contributed by atoms with Crippen LogP contribution in [0.1, 0.15) is 31.0 Å². The van der Waals surface area contributed by atoms with Crippen molar-refractivity contribution >= 4 is 0 Å². The highest BCUT2D eigenvalue weighted by Crippen LogP contribution is 2.17. The molecule has 1 aromatic carbocycles. The molecule has 2 unspecified atom stereocenters. The second-order valence-electron chi connectivity index (χ2n) is 5.13. The van der Waals surface area contributed by atoms with Crippen molar-refractivity contribution in [3.05, 3.63) is 65.2 Å². The standard InChI is InChI=1S/C16H17F3N2/c1-10(6-14-15(18)4-3-5-16(14)19)21-11(2)12-7-13(17)9-20-8-12/h3-5,7-11,21H,6H2,1-2H3. The molecule has 0 spiro atoms. The molecule has 1 aromatic heterocycles. The molecule has 0 bridgehead atoms. The van der Waals surface area contributed by atoms with Crippen LogP contribution in [0.3, 0.4) is 0 Å². The van der Waals surface area contributed by atoms with E-state index in [1.807, 2.05) is 13.8 Å². The van der Waals surface area contributed by atoms with Crippen molar-refractivity contribution in [1.82, 2.24) is 10.3 Å². The van der Waals surface area contributed by atoms with Crippen molar-refractivity contribution in [2.75, 3.05) is 0 Å². The van der Waals surface area contributed by atoms with Gasteiger partial charge in [0.2, 0.25) is 0 Å². The molecule has 0 radical (unpaired) electrons. The highest BCUT2D eigenvalue weighted by Gasteiger charge is 2.15. The normalized spacial score (nSPS) is 14.0. The van der Waals surface area contributed by atoms with Gasteiger partial charge in [-0.25, -0.2) is 13.2 Å². The van der Waals surface area contributed by atoms with Gasteiger partial charge in [-0.1, -0.05) is 6.07 Å². The van der Waals surface area contributed by atoms with Crippen molar-refractivity contribution in [3.63, 3.8) is 0 Å². The zero-order valence-electron chi connectivity index (χ0n) is 11.9. The SMILES string of the molecule is CC(Cc1c(F)cccc1F)NC(C)c1cncc(F)c1. The maximum atomic E-state index is 13.6. The van der Waals surface area contributed by atoms with Gasteiger partial charge in [-0.3, -0.25) is 4.98 Å². The molecule has 2 nitrogen and oxygen atoms in total. The molecule has 0 saturated heterocycles. The average molecular weight is 294 g/mol. The van der Waals surface area contributed by atoms with Crippen LogP contribution in [0.15, 0.2) is 36.7 Å². The Morgan fingerprint density at radius 1 is 1.10 bits per heavy atom. The maximum Gasteiger partial charge on any atom is 0.141 e. The molecule has 0 aliphatic carbocycles. The van der Waals surface area contributed by atoms with Crippen LogP contribution in [-0.4, -0.2) is 11.0 Å². The molecule has 21 heavy (non-hydrogen) atoms. The first-order valence-electron chi connectivity index (χ1n) is 6.76. The predicted octanol–water partition coefficient (Wildman–Crippen LogP) is 3.78. The van der Waals surface area contributed by atoms with E-state index >= 15 is 0 Å². The summed E-state index contributed by atoms with van der Waals surface area (Å²) in [6, 6.07) is 4.87. The van der Waals surface area contributed by atoms with Crippen molar-refractivity contribution in [3.8, 4) is 0 Å². The Morgan fingerprint density at radius 2 is 1.76 bits per heavy atom. The molecule has 0 amide bonds. The third kappa shape index (κ3) is 4.04. The third-order valence-electron chi connectivity index (χ3n) is 3.33. The molecule has 0 aliphatic heterocycles. The quantitative estimate of drug-likeness (QED) is 0.907. The lowest BCUT2D eigenvalue weighted by Gasteiger charge is -2.20. The van der Waals surface area contributed by atoms with Crippen LogP contribution >= 0.6 is 0 Å². The van der Waals surface area contributed by atoms with Gasteiger partial charge in [0.25, 0.3) is 0 Å². The van der Waals surface area contributed by atoms with Gasteiger partial charge in [0.1, 0.15) is 17.5 Å². The van der Waals surface area contributed by atoms with E-state index in [0.29, 0.717) is 5.56 Å². The lowest BCUT2D eigenvalue weighted by molar-refractivity contribution is 0.455. The number of benzene rings is 1. The first-order chi connectivity index (χ1) is 9.97. The molecule has 1 N–H and O–H groups in total. The van der Waals surface area contributed by atoms with E-state index in [1.165, 1.54) is 24.3 Å². The van der Waals surface area contributed by atoms with Gasteiger partial charge in [-0.2, -0.15) is 0 Å². The second kappa shape index (κ2) is 6.72. The van der Waals surface area contributed by atoms with Crippen LogP contribution in [0.4, 0.5) is 13.2 Å². The van der Waals surface area contributed by atoms with E-state index in [0.717, 1.165) is 6.20 Å². The molecule has 5 heteroatoms. The number of aromatic nitrogens is 1. The summed E-state index contributed by atoms with van der Waals surface area (Å²) in [6.07, 6.45) is 2.91. The predicted molar refractivity (Wildman–Crippen MR) is 75.3 cm³/mol. The topological polar surface area (TPSA) is 24.9 Å². The Balaban J connectivity index is 2.03. The van der Waals surface area contributed by atoms with Crippen molar-refractivity contribution < 1.29 is 13.2 Å². The number of hydrogen-bond acceptors (Lipinski definition) is 2. The van der Waals surface area contributed by atoms with Crippen LogP contribution in [0.25, 0.3) is 0 Å². The van der Waals surface area contributed by atoms with E-state index in [2.05, 4.69) is 10.3 Å². The van der Waals surface area contributed by atoms with Gasteiger partial charge < -0.3 is 5.32 Å². The highest BCUT2D eigenvalue weighted by atomic mass is 19.1. The first-order valence-corrected chi connectivity index (χ1v) is 6.76. The monoisotopic (exact) mass is 294 g/mol. The summed E-state index contributed by atoms with van der Waals surface area (Å²) >= 11 is 0. The minimum Gasteiger partial charge on any atom is -0.307 e. The fraction of sp³-hybridized carbons (Fsp3) is 0.312. The Bertz CT molecular complexity index is 596. The van der Waals surface area contributed by atoms with Crippen LogP contribution < -0.4 is 5.32 Å². The van der Waals surface area contributed by atoms with E-state index < -0.39 is 17.5 Å². The van der Waals surface area contributed by atoms with Crippen molar-refractivity contribution in [2.45, 2.75) is 32.4 Å². The third-order valence-corrected chi connectivity index (χ3v) is 3.33. The van der Waals surface area contributed by atoms with E-state index in [-0.39, 0.29) is 24.1 Å². The Morgan fingerprint density at radius 3 is 2.38 bits per heavy atom. The molecule has 0 fully saturated rings. The number of halogens is 3. The van der Waals surface area contributed by atoms with Gasteiger partial charge in [0.05, 0.1) is 6.20 Å². The van der Waals surface area contributed by atoms with E-state index in [4.69, 9.17) is 0 Å². The minimum atomic E-state index is -0.552. The van der Waals surface area contributed by atoms with Gasteiger partial charge in [-0.15, -0.1) is 0 Å². The van der Waals surface area contributed by atoms with Crippen LogP contribution in [0.2, 0.25) is 0 Å². The van der Waals surface area contributed by atoms with Gasteiger partial charge in [0.15, 0.2) is 0 Å². The van der Waals surface area contributed by atoms with E-state index in [9.17, 15) is 13.2 Å². The molecule has 2 aromatic rings. The fourth-order valence-corrected chi connectivity index (χ4v) is 2.28. The number of nitrogens with zero attached hydrogens (tertiary/aromatic N) is 1. The smallest absolute Gasteiger partial charge is 0.141 e. The summed E-state index contributed by atoms with van der Waals surface area (Å²) in [5.74, 6) is -1.51. The number of nitrogens with one attached hydrogen (secondary N) is 1. The zero-order valence-corrected chi connectivity index (χ0v) is 11.9. The number of pyridine rings is 1. The Kier molecular flexibility index (Phi) is 4.96. The zero-order chi connectivity index (χ0) is 15.4. The van der Waals surface area contributed by atoms with Crippen LogP contribution in [-0.2, 0) is 6.42 Å². The average Bonchev–Trinajstić information content (AvgIpc) is 2.43. The van der Waals surface area contributed by atoms with Crippen molar-refractivity contribution in [1.29, 1.82) is 0 Å². The molecule has 0 saturated carbocycles. The summed E-state index contributed by atoms with van der Waals surface area (Å²) in [5.41, 5.74) is 0.748.